The van der Waals surface area contributed by atoms with Crippen LogP contribution in [0.1, 0.15) is 43.5 Å². The molecule has 0 aromatic carbocycles. The van der Waals surface area contributed by atoms with E-state index in [0.29, 0.717) is 11.4 Å². The summed E-state index contributed by atoms with van der Waals surface area (Å²) in [6.07, 6.45) is 4.25. The molecule has 1 aliphatic carbocycles. The molecule has 0 unspecified atom stereocenters. The van der Waals surface area contributed by atoms with Gasteiger partial charge in [0.15, 0.2) is 0 Å². The fourth-order valence-corrected chi connectivity index (χ4v) is 2.65. The molecule has 1 aromatic heterocycles. The molecule has 1 aromatic rings. The second kappa shape index (κ2) is 6.57. The first kappa shape index (κ1) is 15.3. The van der Waals surface area contributed by atoms with Gasteiger partial charge in [-0.15, -0.1) is 0 Å². The van der Waals surface area contributed by atoms with Crippen molar-refractivity contribution in [3.8, 4) is 6.07 Å². The van der Waals surface area contributed by atoms with E-state index in [9.17, 15) is 10.1 Å². The van der Waals surface area contributed by atoms with Crippen molar-refractivity contribution in [3.63, 3.8) is 0 Å². The van der Waals surface area contributed by atoms with Crippen LogP contribution in [0.15, 0.2) is 6.07 Å². The van der Waals surface area contributed by atoms with Gasteiger partial charge in [-0.3, -0.25) is 4.79 Å². The van der Waals surface area contributed by atoms with Gasteiger partial charge in [-0.1, -0.05) is 0 Å². The van der Waals surface area contributed by atoms with Crippen molar-refractivity contribution in [1.29, 1.82) is 5.26 Å². The number of pyridine rings is 1. The van der Waals surface area contributed by atoms with Crippen LogP contribution in [0.5, 0.6) is 0 Å². The zero-order valence-corrected chi connectivity index (χ0v) is 12.9. The summed E-state index contributed by atoms with van der Waals surface area (Å²) in [6.45, 7) is 4.06. The van der Waals surface area contributed by atoms with Crippen LogP contribution in [0.2, 0.25) is 0 Å². The van der Waals surface area contributed by atoms with Crippen molar-refractivity contribution in [1.82, 2.24) is 10.3 Å². The van der Waals surface area contributed by atoms with Crippen LogP contribution in [0, 0.1) is 11.3 Å². The lowest BCUT2D eigenvalue weighted by molar-refractivity contribution is -0.120. The summed E-state index contributed by atoms with van der Waals surface area (Å²) in [6, 6.07) is 4.25. The maximum absolute atomic E-state index is 11.9. The number of carbonyl (C=O) groups is 1. The molecule has 112 valence electrons. The third-order valence-electron chi connectivity index (χ3n) is 3.59. The molecule has 1 amide bonds. The van der Waals surface area contributed by atoms with Crippen LogP contribution in [0.4, 0.5) is 5.82 Å². The summed E-state index contributed by atoms with van der Waals surface area (Å²) in [7, 11) is 1.80. The Labute approximate surface area is 126 Å². The Hall–Kier alpha value is -2.09. The highest BCUT2D eigenvalue weighted by molar-refractivity contribution is 5.81. The Morgan fingerprint density at radius 1 is 1.48 bits per heavy atom. The normalized spacial score (nSPS) is 13.5. The summed E-state index contributed by atoms with van der Waals surface area (Å²) in [5, 5.41) is 12.2. The van der Waals surface area contributed by atoms with Crippen molar-refractivity contribution < 1.29 is 4.79 Å². The molecule has 1 aliphatic rings. The molecule has 2 rings (SSSR count). The SMILES string of the molecule is CC(C)NC(=O)CN(C)c1nc2c(cc1C#N)CCCC2. The third kappa shape index (κ3) is 3.72. The van der Waals surface area contributed by atoms with Crippen LogP contribution in [-0.2, 0) is 17.6 Å². The molecule has 1 heterocycles. The van der Waals surface area contributed by atoms with Crippen LogP contribution in [0.25, 0.3) is 0 Å². The van der Waals surface area contributed by atoms with E-state index in [1.807, 2.05) is 19.9 Å². The van der Waals surface area contributed by atoms with Gasteiger partial charge in [-0.05, 0) is 51.2 Å². The molecule has 0 atom stereocenters. The van der Waals surface area contributed by atoms with Gasteiger partial charge >= 0.3 is 0 Å². The number of hydrogen-bond donors (Lipinski definition) is 1. The average molecular weight is 286 g/mol. The molecule has 21 heavy (non-hydrogen) atoms. The minimum absolute atomic E-state index is 0.0593. The van der Waals surface area contributed by atoms with E-state index in [2.05, 4.69) is 16.4 Å². The summed E-state index contributed by atoms with van der Waals surface area (Å²) in [5.41, 5.74) is 2.81. The predicted octanol–water partition coefficient (Wildman–Crippen LogP) is 1.79. The number of likely N-dealkylation sites (N-methyl/N-ethyl adjacent to an activating group) is 1. The Balaban J connectivity index is 2.22. The van der Waals surface area contributed by atoms with E-state index < -0.39 is 0 Å². The van der Waals surface area contributed by atoms with Gasteiger partial charge in [0, 0.05) is 18.8 Å². The van der Waals surface area contributed by atoms with Crippen molar-refractivity contribution >= 4 is 11.7 Å². The molecule has 1 N–H and O–H groups in total. The first-order chi connectivity index (χ1) is 10.0. The van der Waals surface area contributed by atoms with E-state index in [1.165, 1.54) is 5.56 Å². The first-order valence-electron chi connectivity index (χ1n) is 7.44. The average Bonchev–Trinajstić information content (AvgIpc) is 2.44. The molecule has 0 bridgehead atoms. The summed E-state index contributed by atoms with van der Waals surface area (Å²) in [4.78, 5) is 18.3. The Kier molecular flexibility index (Phi) is 4.79. The minimum Gasteiger partial charge on any atom is -0.352 e. The number of amides is 1. The molecule has 0 fully saturated rings. The Bertz CT molecular complexity index is 574. The number of nitrogens with one attached hydrogen (secondary N) is 1. The topological polar surface area (TPSA) is 69.0 Å². The standard InChI is InChI=1S/C16H22N4O/c1-11(2)18-15(21)10-20(3)16-13(9-17)8-12-6-4-5-7-14(12)19-16/h8,11H,4-7,10H2,1-3H3,(H,18,21). The van der Waals surface area contributed by atoms with Crippen LogP contribution >= 0.6 is 0 Å². The molecule has 0 aliphatic heterocycles. The van der Waals surface area contributed by atoms with Crippen molar-refractivity contribution in [2.45, 2.75) is 45.6 Å². The predicted molar refractivity (Wildman–Crippen MR) is 82.1 cm³/mol. The van der Waals surface area contributed by atoms with E-state index in [1.54, 1.807) is 11.9 Å². The largest absolute Gasteiger partial charge is 0.352 e. The van der Waals surface area contributed by atoms with Crippen LogP contribution < -0.4 is 10.2 Å². The maximum atomic E-state index is 11.9. The lowest BCUT2D eigenvalue weighted by Gasteiger charge is -2.23. The number of rotatable bonds is 4. The monoisotopic (exact) mass is 286 g/mol. The molecule has 0 saturated carbocycles. The van der Waals surface area contributed by atoms with Gasteiger partial charge in [0.05, 0.1) is 12.1 Å². The molecule has 5 heteroatoms. The first-order valence-corrected chi connectivity index (χ1v) is 7.44. The van der Waals surface area contributed by atoms with Crippen LogP contribution in [-0.4, -0.2) is 30.5 Å². The highest BCUT2D eigenvalue weighted by atomic mass is 16.2. The number of anilines is 1. The van der Waals surface area contributed by atoms with Crippen molar-refractivity contribution in [2.75, 3.05) is 18.5 Å². The molecule has 0 radical (unpaired) electrons. The number of aryl methyl sites for hydroxylation is 2. The van der Waals surface area contributed by atoms with Crippen molar-refractivity contribution in [3.05, 3.63) is 22.9 Å². The maximum Gasteiger partial charge on any atom is 0.239 e. The van der Waals surface area contributed by atoms with Gasteiger partial charge in [0.25, 0.3) is 0 Å². The summed E-state index contributed by atoms with van der Waals surface area (Å²) in [5.74, 6) is 0.549. The zero-order valence-electron chi connectivity index (χ0n) is 12.9. The Morgan fingerprint density at radius 2 is 2.19 bits per heavy atom. The molecule has 0 spiro atoms. The van der Waals surface area contributed by atoms with Crippen molar-refractivity contribution in [2.24, 2.45) is 0 Å². The quantitative estimate of drug-likeness (QED) is 0.916. The van der Waals surface area contributed by atoms with Gasteiger partial charge in [0.1, 0.15) is 11.9 Å². The third-order valence-corrected chi connectivity index (χ3v) is 3.59. The fourth-order valence-electron chi connectivity index (χ4n) is 2.65. The number of fused-ring (bicyclic) bond motifs is 1. The number of carbonyl (C=O) groups excluding carboxylic acids is 1. The van der Waals surface area contributed by atoms with E-state index in [-0.39, 0.29) is 18.5 Å². The van der Waals surface area contributed by atoms with Crippen LogP contribution in [0.3, 0.4) is 0 Å². The summed E-state index contributed by atoms with van der Waals surface area (Å²) < 4.78 is 0. The van der Waals surface area contributed by atoms with Gasteiger partial charge in [-0.25, -0.2) is 4.98 Å². The fraction of sp³-hybridized carbons (Fsp3) is 0.562. The highest BCUT2D eigenvalue weighted by Gasteiger charge is 2.18. The second-order valence-electron chi connectivity index (χ2n) is 5.86. The number of nitrogens with zero attached hydrogens (tertiary/aromatic N) is 3. The molecule has 0 saturated heterocycles. The molecule has 5 nitrogen and oxygen atoms in total. The number of nitriles is 1. The Morgan fingerprint density at radius 3 is 2.86 bits per heavy atom. The molecular formula is C16H22N4O. The summed E-state index contributed by atoms with van der Waals surface area (Å²) >= 11 is 0. The van der Waals surface area contributed by atoms with Gasteiger partial charge in [0.2, 0.25) is 5.91 Å². The van der Waals surface area contributed by atoms with E-state index in [4.69, 9.17) is 0 Å². The van der Waals surface area contributed by atoms with Gasteiger partial charge < -0.3 is 10.2 Å². The zero-order chi connectivity index (χ0) is 15.4. The smallest absolute Gasteiger partial charge is 0.239 e. The van der Waals surface area contributed by atoms with E-state index in [0.717, 1.165) is 31.4 Å². The van der Waals surface area contributed by atoms with Gasteiger partial charge in [-0.2, -0.15) is 5.26 Å². The lowest BCUT2D eigenvalue weighted by atomic mass is 9.95. The lowest BCUT2D eigenvalue weighted by Crippen LogP contribution is -2.39. The molecular weight excluding hydrogens is 264 g/mol. The van der Waals surface area contributed by atoms with E-state index >= 15 is 0 Å². The minimum atomic E-state index is -0.0593. The second-order valence-corrected chi connectivity index (χ2v) is 5.86. The number of hydrogen-bond acceptors (Lipinski definition) is 4. The number of aromatic nitrogens is 1. The highest BCUT2D eigenvalue weighted by Crippen LogP contribution is 2.25.